The maximum absolute atomic E-state index is 11.2. The molecule has 4 heteroatoms. The highest BCUT2D eigenvalue weighted by Crippen LogP contribution is 2.26. The summed E-state index contributed by atoms with van der Waals surface area (Å²) in [6.07, 6.45) is 0.875. The number of phenolic OH excluding ortho intramolecular Hbond substituents is 1. The smallest absolute Gasteiger partial charge is 0.325 e. The van der Waals surface area contributed by atoms with Gasteiger partial charge in [0.1, 0.15) is 11.8 Å². The Hall–Kier alpha value is -1.55. The van der Waals surface area contributed by atoms with E-state index >= 15 is 0 Å². The second-order valence-corrected chi connectivity index (χ2v) is 4.23. The number of aryl methyl sites for hydroxylation is 2. The van der Waals surface area contributed by atoms with Crippen molar-refractivity contribution in [3.05, 3.63) is 28.8 Å². The molecule has 3 N–H and O–H groups in total. The van der Waals surface area contributed by atoms with Crippen molar-refractivity contribution in [2.45, 2.75) is 33.2 Å². The van der Waals surface area contributed by atoms with Gasteiger partial charge in [0.2, 0.25) is 0 Å². The van der Waals surface area contributed by atoms with Gasteiger partial charge in [0.15, 0.2) is 0 Å². The molecule has 0 aliphatic heterocycles. The molecule has 0 radical (unpaired) electrons. The number of carbonyl (C=O) groups is 1. The molecule has 1 aromatic carbocycles. The van der Waals surface area contributed by atoms with E-state index in [2.05, 4.69) is 5.32 Å². The summed E-state index contributed by atoms with van der Waals surface area (Å²) in [5.74, 6) is -0.670. The quantitative estimate of drug-likeness (QED) is 0.733. The number of aromatic hydroxyl groups is 1. The summed E-state index contributed by atoms with van der Waals surface area (Å²) in [6.45, 7) is 6.17. The van der Waals surface area contributed by atoms with Crippen molar-refractivity contribution in [2.24, 2.45) is 0 Å². The van der Waals surface area contributed by atoms with Crippen LogP contribution in [-0.4, -0.2) is 22.7 Å². The summed E-state index contributed by atoms with van der Waals surface area (Å²) in [4.78, 5) is 11.2. The molecular formula is C13H19NO3. The van der Waals surface area contributed by atoms with Crippen LogP contribution in [0, 0.1) is 13.8 Å². The average molecular weight is 237 g/mol. The number of aliphatic carboxylic acids is 1. The second-order valence-electron chi connectivity index (χ2n) is 4.23. The predicted molar refractivity (Wildman–Crippen MR) is 66.3 cm³/mol. The van der Waals surface area contributed by atoms with Crippen LogP contribution in [0.15, 0.2) is 12.1 Å². The molecule has 4 nitrogen and oxygen atoms in total. The van der Waals surface area contributed by atoms with Crippen molar-refractivity contribution in [1.29, 1.82) is 0 Å². The Balaban J connectivity index is 3.06. The van der Waals surface area contributed by atoms with E-state index in [1.807, 2.05) is 6.92 Å². The maximum atomic E-state index is 11.2. The van der Waals surface area contributed by atoms with Gasteiger partial charge in [-0.1, -0.05) is 19.1 Å². The fourth-order valence-corrected chi connectivity index (χ4v) is 1.79. The van der Waals surface area contributed by atoms with Gasteiger partial charge in [0.05, 0.1) is 0 Å². The molecule has 0 aliphatic carbocycles. The van der Waals surface area contributed by atoms with E-state index in [1.165, 1.54) is 0 Å². The van der Waals surface area contributed by atoms with E-state index in [0.717, 1.165) is 6.42 Å². The Morgan fingerprint density at radius 3 is 2.29 bits per heavy atom. The van der Waals surface area contributed by atoms with Crippen LogP contribution in [0.1, 0.15) is 36.1 Å². The highest BCUT2D eigenvalue weighted by Gasteiger charge is 2.20. The van der Waals surface area contributed by atoms with E-state index in [0.29, 0.717) is 23.2 Å². The monoisotopic (exact) mass is 237 g/mol. The Labute approximate surface area is 101 Å². The lowest BCUT2D eigenvalue weighted by atomic mass is 10.00. The van der Waals surface area contributed by atoms with Crippen molar-refractivity contribution in [3.8, 4) is 5.75 Å². The first-order valence-electron chi connectivity index (χ1n) is 5.73. The third kappa shape index (κ3) is 3.20. The Kier molecular flexibility index (Phi) is 4.52. The van der Waals surface area contributed by atoms with Gasteiger partial charge in [-0.15, -0.1) is 0 Å². The number of hydrogen-bond acceptors (Lipinski definition) is 3. The first-order valence-corrected chi connectivity index (χ1v) is 5.73. The van der Waals surface area contributed by atoms with Gasteiger partial charge in [-0.25, -0.2) is 0 Å². The molecule has 0 aromatic heterocycles. The minimum atomic E-state index is -0.900. The minimum Gasteiger partial charge on any atom is -0.507 e. The molecule has 1 atom stereocenters. The van der Waals surface area contributed by atoms with E-state index < -0.39 is 12.0 Å². The molecule has 1 rings (SSSR count). The summed E-state index contributed by atoms with van der Waals surface area (Å²) in [7, 11) is 0. The van der Waals surface area contributed by atoms with E-state index in [9.17, 15) is 15.0 Å². The summed E-state index contributed by atoms with van der Waals surface area (Å²) >= 11 is 0. The zero-order chi connectivity index (χ0) is 13.0. The van der Waals surface area contributed by atoms with Crippen LogP contribution >= 0.6 is 0 Å². The lowest BCUT2D eigenvalue weighted by Gasteiger charge is -2.16. The predicted octanol–water partition coefficient (Wildman–Crippen LogP) is 2.13. The van der Waals surface area contributed by atoms with Crippen molar-refractivity contribution >= 4 is 5.97 Å². The molecule has 0 saturated heterocycles. The number of carboxylic acids is 1. The Morgan fingerprint density at radius 1 is 1.35 bits per heavy atom. The maximum Gasteiger partial charge on any atom is 0.325 e. The molecule has 0 saturated carbocycles. The molecule has 1 unspecified atom stereocenters. The Morgan fingerprint density at radius 2 is 1.88 bits per heavy atom. The van der Waals surface area contributed by atoms with Gasteiger partial charge in [-0.2, -0.15) is 0 Å². The zero-order valence-electron chi connectivity index (χ0n) is 10.4. The van der Waals surface area contributed by atoms with Crippen LogP contribution < -0.4 is 5.32 Å². The zero-order valence-corrected chi connectivity index (χ0v) is 10.4. The number of carboxylic acid groups (broad SMARTS) is 1. The van der Waals surface area contributed by atoms with Crippen LogP contribution in [0.25, 0.3) is 0 Å². The lowest BCUT2D eigenvalue weighted by Crippen LogP contribution is -2.29. The van der Waals surface area contributed by atoms with E-state index in [4.69, 9.17) is 0 Å². The number of benzene rings is 1. The summed E-state index contributed by atoms with van der Waals surface area (Å²) in [6, 6.07) is 2.71. The molecule has 0 aliphatic rings. The molecule has 1 aromatic rings. The molecule has 0 amide bonds. The Bertz CT molecular complexity index is 392. The van der Waals surface area contributed by atoms with Crippen LogP contribution in [0.4, 0.5) is 0 Å². The third-order valence-corrected chi connectivity index (χ3v) is 2.69. The molecular weight excluding hydrogens is 218 g/mol. The number of phenols is 1. The highest BCUT2D eigenvalue weighted by molar-refractivity contribution is 5.76. The SMILES string of the molecule is CCCNC(C(=O)O)c1cc(C)c(O)c(C)c1. The van der Waals surface area contributed by atoms with Gasteiger partial charge < -0.3 is 15.5 Å². The lowest BCUT2D eigenvalue weighted by molar-refractivity contribution is -0.139. The van der Waals surface area contributed by atoms with Crippen LogP contribution in [0.3, 0.4) is 0 Å². The first-order chi connectivity index (χ1) is 7.97. The van der Waals surface area contributed by atoms with E-state index in [-0.39, 0.29) is 5.75 Å². The molecule has 0 spiro atoms. The first kappa shape index (κ1) is 13.5. The van der Waals surface area contributed by atoms with Crippen molar-refractivity contribution in [1.82, 2.24) is 5.32 Å². The second kappa shape index (κ2) is 5.68. The average Bonchev–Trinajstić information content (AvgIpc) is 2.25. The van der Waals surface area contributed by atoms with Gasteiger partial charge in [-0.3, -0.25) is 4.79 Å². The van der Waals surface area contributed by atoms with Gasteiger partial charge >= 0.3 is 5.97 Å². The highest BCUT2D eigenvalue weighted by atomic mass is 16.4. The van der Waals surface area contributed by atoms with Crippen LogP contribution in [-0.2, 0) is 4.79 Å². The fraction of sp³-hybridized carbons (Fsp3) is 0.462. The molecule has 94 valence electrons. The van der Waals surface area contributed by atoms with Crippen molar-refractivity contribution < 1.29 is 15.0 Å². The van der Waals surface area contributed by atoms with Crippen molar-refractivity contribution in [2.75, 3.05) is 6.54 Å². The third-order valence-electron chi connectivity index (χ3n) is 2.69. The number of hydrogen-bond donors (Lipinski definition) is 3. The van der Waals surface area contributed by atoms with Crippen LogP contribution in [0.5, 0.6) is 5.75 Å². The summed E-state index contributed by atoms with van der Waals surface area (Å²) < 4.78 is 0. The van der Waals surface area contributed by atoms with Crippen molar-refractivity contribution in [3.63, 3.8) is 0 Å². The normalized spacial score (nSPS) is 12.4. The molecule has 0 heterocycles. The summed E-state index contributed by atoms with van der Waals surface area (Å²) in [5.41, 5.74) is 2.08. The number of nitrogens with one attached hydrogen (secondary N) is 1. The van der Waals surface area contributed by atoms with E-state index in [1.54, 1.807) is 26.0 Å². The topological polar surface area (TPSA) is 69.6 Å². The number of rotatable bonds is 5. The van der Waals surface area contributed by atoms with Gasteiger partial charge in [0, 0.05) is 0 Å². The standard InChI is InChI=1S/C13H19NO3/c1-4-5-14-11(13(16)17)10-6-8(2)12(15)9(3)7-10/h6-7,11,14-15H,4-5H2,1-3H3,(H,16,17). The van der Waals surface area contributed by atoms with Gasteiger partial charge in [-0.05, 0) is 43.5 Å². The molecule has 17 heavy (non-hydrogen) atoms. The molecule has 0 bridgehead atoms. The van der Waals surface area contributed by atoms with Crippen LogP contribution in [0.2, 0.25) is 0 Å². The van der Waals surface area contributed by atoms with Gasteiger partial charge in [0.25, 0.3) is 0 Å². The summed E-state index contributed by atoms with van der Waals surface area (Å²) in [5, 5.41) is 21.8. The molecule has 0 fully saturated rings. The fourth-order valence-electron chi connectivity index (χ4n) is 1.79. The minimum absolute atomic E-state index is 0.230. The largest absolute Gasteiger partial charge is 0.507 e.